The molecule has 0 fully saturated rings. The van der Waals surface area contributed by atoms with Gasteiger partial charge in [0.1, 0.15) is 0 Å². The maximum Gasteiger partial charge on any atom is 0.0991 e. The second-order valence-corrected chi connectivity index (χ2v) is 4.59. The van der Waals surface area contributed by atoms with E-state index in [1.54, 1.807) is 0 Å². The van der Waals surface area contributed by atoms with Crippen molar-refractivity contribution in [1.29, 1.82) is 0 Å². The van der Waals surface area contributed by atoms with Gasteiger partial charge < -0.3 is 9.88 Å². The summed E-state index contributed by atoms with van der Waals surface area (Å²) in [5.74, 6) is 0. The number of aryl methyl sites for hydroxylation is 1. The number of imidazole rings is 1. The number of hydrogen-bond donors (Lipinski definition) is 1. The fraction of sp³-hybridized carbons (Fsp3) is 0.357. The Kier molecular flexibility index (Phi) is 2.69. The molecule has 1 aliphatic carbocycles. The molecule has 1 aliphatic rings. The van der Waals surface area contributed by atoms with Gasteiger partial charge in [-0.3, -0.25) is 0 Å². The highest BCUT2D eigenvalue weighted by Crippen LogP contribution is 2.30. The average molecular weight is 227 g/mol. The molecule has 1 heterocycles. The van der Waals surface area contributed by atoms with Crippen LogP contribution in [0.2, 0.25) is 0 Å². The molecule has 88 valence electrons. The van der Waals surface area contributed by atoms with E-state index in [4.69, 9.17) is 0 Å². The summed E-state index contributed by atoms with van der Waals surface area (Å²) in [5, 5.41) is 3.40. The normalized spacial score (nSPS) is 19.0. The molecule has 1 N–H and O–H groups in total. The van der Waals surface area contributed by atoms with Gasteiger partial charge in [-0.2, -0.15) is 0 Å². The molecule has 0 saturated carbocycles. The number of nitrogens with one attached hydrogen (secondary N) is 1. The fourth-order valence-electron chi connectivity index (χ4n) is 2.67. The first kappa shape index (κ1) is 10.5. The molecular weight excluding hydrogens is 210 g/mol. The van der Waals surface area contributed by atoms with Crippen molar-refractivity contribution < 1.29 is 0 Å². The molecule has 0 aliphatic heterocycles. The van der Waals surface area contributed by atoms with Crippen molar-refractivity contribution in [1.82, 2.24) is 14.9 Å². The van der Waals surface area contributed by atoms with Crippen molar-refractivity contribution in [2.45, 2.75) is 25.3 Å². The van der Waals surface area contributed by atoms with Gasteiger partial charge >= 0.3 is 0 Å². The van der Waals surface area contributed by atoms with E-state index in [1.165, 1.54) is 36.1 Å². The number of nitrogens with zero attached hydrogens (tertiary/aromatic N) is 2. The van der Waals surface area contributed by atoms with Crippen LogP contribution in [0.25, 0.3) is 5.69 Å². The molecule has 1 atom stereocenters. The topological polar surface area (TPSA) is 29.9 Å². The zero-order valence-corrected chi connectivity index (χ0v) is 10.1. The van der Waals surface area contributed by atoms with E-state index in [0.717, 1.165) is 0 Å². The molecule has 0 amide bonds. The molecule has 3 nitrogen and oxygen atoms in total. The summed E-state index contributed by atoms with van der Waals surface area (Å²) < 4.78 is 2.06. The van der Waals surface area contributed by atoms with Crippen LogP contribution in [0.15, 0.2) is 36.9 Å². The number of aromatic nitrogens is 2. The van der Waals surface area contributed by atoms with Crippen molar-refractivity contribution in [2.24, 2.45) is 0 Å². The van der Waals surface area contributed by atoms with E-state index < -0.39 is 0 Å². The lowest BCUT2D eigenvalue weighted by Crippen LogP contribution is -2.21. The van der Waals surface area contributed by atoms with E-state index in [2.05, 4.69) is 33.1 Å². The third-order valence-corrected chi connectivity index (χ3v) is 3.59. The summed E-state index contributed by atoms with van der Waals surface area (Å²) in [7, 11) is 2.05. The number of fused-ring (bicyclic) bond motifs is 1. The van der Waals surface area contributed by atoms with Crippen LogP contribution >= 0.6 is 0 Å². The quantitative estimate of drug-likeness (QED) is 0.854. The van der Waals surface area contributed by atoms with Crippen LogP contribution in [0.1, 0.15) is 30.0 Å². The maximum atomic E-state index is 4.09. The van der Waals surface area contributed by atoms with Crippen LogP contribution in [0.3, 0.4) is 0 Å². The van der Waals surface area contributed by atoms with Crippen LogP contribution in [-0.4, -0.2) is 16.6 Å². The summed E-state index contributed by atoms with van der Waals surface area (Å²) in [6.07, 6.45) is 9.35. The third-order valence-electron chi connectivity index (χ3n) is 3.59. The minimum absolute atomic E-state index is 0.524. The molecule has 0 spiro atoms. The zero-order valence-electron chi connectivity index (χ0n) is 10.1. The lowest BCUT2D eigenvalue weighted by atomic mass is 9.87. The summed E-state index contributed by atoms with van der Waals surface area (Å²) in [6.45, 7) is 0. The van der Waals surface area contributed by atoms with Gasteiger partial charge in [0.2, 0.25) is 0 Å². The Labute approximate surface area is 101 Å². The Hall–Kier alpha value is -1.61. The summed E-state index contributed by atoms with van der Waals surface area (Å²) in [5.41, 5.74) is 4.14. The molecule has 3 heteroatoms. The van der Waals surface area contributed by atoms with E-state index >= 15 is 0 Å². The summed E-state index contributed by atoms with van der Waals surface area (Å²) >= 11 is 0. The van der Waals surface area contributed by atoms with Crippen LogP contribution in [-0.2, 0) is 6.42 Å². The first-order valence-corrected chi connectivity index (χ1v) is 6.17. The Morgan fingerprint density at radius 1 is 1.41 bits per heavy atom. The van der Waals surface area contributed by atoms with E-state index in [1.807, 2.05) is 25.8 Å². The van der Waals surface area contributed by atoms with Crippen molar-refractivity contribution >= 4 is 0 Å². The smallest absolute Gasteiger partial charge is 0.0991 e. The Morgan fingerprint density at radius 3 is 3.12 bits per heavy atom. The van der Waals surface area contributed by atoms with Crippen LogP contribution in [0.5, 0.6) is 0 Å². The van der Waals surface area contributed by atoms with Crippen LogP contribution in [0.4, 0.5) is 0 Å². The van der Waals surface area contributed by atoms with Gasteiger partial charge in [0.25, 0.3) is 0 Å². The van der Waals surface area contributed by atoms with E-state index in [9.17, 15) is 0 Å². The second kappa shape index (κ2) is 4.34. The molecule has 2 aromatic rings. The maximum absolute atomic E-state index is 4.09. The molecule has 0 radical (unpaired) electrons. The standard InChI is InChI=1S/C14H17N3/c1-15-14-4-2-3-11-9-12(5-6-13(11)14)17-8-7-16-10-17/h5-10,14-15H,2-4H2,1H3. The van der Waals surface area contributed by atoms with Crippen molar-refractivity contribution in [2.75, 3.05) is 7.05 Å². The molecule has 1 aromatic carbocycles. The number of hydrogen-bond acceptors (Lipinski definition) is 2. The third kappa shape index (κ3) is 1.87. The molecule has 3 rings (SSSR count). The number of benzene rings is 1. The second-order valence-electron chi connectivity index (χ2n) is 4.59. The van der Waals surface area contributed by atoms with Gasteiger partial charge in [-0.25, -0.2) is 4.98 Å². The summed E-state index contributed by atoms with van der Waals surface area (Å²) in [4.78, 5) is 4.09. The highest BCUT2D eigenvalue weighted by atomic mass is 15.0. The van der Waals surface area contributed by atoms with Gasteiger partial charge in [0.15, 0.2) is 0 Å². The van der Waals surface area contributed by atoms with E-state index in [-0.39, 0.29) is 0 Å². The van der Waals surface area contributed by atoms with Gasteiger partial charge in [0, 0.05) is 24.1 Å². The first-order chi connectivity index (χ1) is 8.38. The molecule has 0 bridgehead atoms. The van der Waals surface area contributed by atoms with Gasteiger partial charge in [-0.15, -0.1) is 0 Å². The first-order valence-electron chi connectivity index (χ1n) is 6.17. The van der Waals surface area contributed by atoms with Crippen LogP contribution in [0, 0.1) is 0 Å². The van der Waals surface area contributed by atoms with Crippen molar-refractivity contribution in [3.8, 4) is 5.69 Å². The predicted molar refractivity (Wildman–Crippen MR) is 68.3 cm³/mol. The molecule has 17 heavy (non-hydrogen) atoms. The van der Waals surface area contributed by atoms with Crippen molar-refractivity contribution in [3.05, 3.63) is 48.0 Å². The highest BCUT2D eigenvalue weighted by Gasteiger charge is 2.18. The van der Waals surface area contributed by atoms with Gasteiger partial charge in [-0.05, 0) is 49.6 Å². The lowest BCUT2D eigenvalue weighted by Gasteiger charge is -2.25. The zero-order chi connectivity index (χ0) is 11.7. The minimum Gasteiger partial charge on any atom is -0.313 e. The monoisotopic (exact) mass is 227 g/mol. The fourth-order valence-corrected chi connectivity index (χ4v) is 2.67. The Balaban J connectivity index is 2.02. The Bertz CT molecular complexity index is 502. The predicted octanol–water partition coefficient (Wildman–Crippen LogP) is 2.47. The molecule has 0 saturated heterocycles. The van der Waals surface area contributed by atoms with Crippen LogP contribution < -0.4 is 5.32 Å². The largest absolute Gasteiger partial charge is 0.313 e. The average Bonchev–Trinajstić information content (AvgIpc) is 2.91. The highest BCUT2D eigenvalue weighted by molar-refractivity contribution is 5.43. The molecule has 1 aromatic heterocycles. The summed E-state index contributed by atoms with van der Waals surface area (Å²) in [6, 6.07) is 7.25. The van der Waals surface area contributed by atoms with Crippen molar-refractivity contribution in [3.63, 3.8) is 0 Å². The lowest BCUT2D eigenvalue weighted by molar-refractivity contribution is 0.496. The number of rotatable bonds is 2. The van der Waals surface area contributed by atoms with E-state index in [0.29, 0.717) is 6.04 Å². The SMILES string of the molecule is CNC1CCCc2cc(-n3ccnc3)ccc21. The van der Waals surface area contributed by atoms with Gasteiger partial charge in [-0.1, -0.05) is 6.07 Å². The van der Waals surface area contributed by atoms with Gasteiger partial charge in [0.05, 0.1) is 6.33 Å². The molecular formula is C14H17N3. The Morgan fingerprint density at radius 2 is 2.35 bits per heavy atom. The molecule has 1 unspecified atom stereocenters. The minimum atomic E-state index is 0.524.